The second-order valence-electron chi connectivity index (χ2n) is 6.86. The molecule has 2 unspecified atom stereocenters. The Hall–Kier alpha value is -0.990. The van der Waals surface area contributed by atoms with E-state index < -0.39 is 0 Å². The maximum absolute atomic E-state index is 6.36. The number of rotatable bonds is 7. The van der Waals surface area contributed by atoms with Crippen LogP contribution in [0.3, 0.4) is 0 Å². The van der Waals surface area contributed by atoms with Crippen molar-refractivity contribution >= 4 is 5.76 Å². The minimum absolute atomic E-state index is 0. The van der Waals surface area contributed by atoms with Crippen LogP contribution in [0.5, 0.6) is 0 Å². The first kappa shape index (κ1) is 18.4. The molecular weight excluding hydrogens is 306 g/mol. The summed E-state index contributed by atoms with van der Waals surface area (Å²) < 4.78 is 6.36. The number of hydrogen-bond donors (Lipinski definition) is 1. The van der Waals surface area contributed by atoms with E-state index in [1.165, 1.54) is 50.1 Å². The maximum Gasteiger partial charge on any atom is 0.137 e. The van der Waals surface area contributed by atoms with Crippen molar-refractivity contribution in [1.29, 1.82) is 0 Å². The zero-order chi connectivity index (χ0) is 15.4. The predicted molar refractivity (Wildman–Crippen MR) is 91.7 cm³/mol. The Morgan fingerprint density at radius 3 is 2.43 bits per heavy atom. The lowest BCUT2D eigenvalue weighted by Crippen LogP contribution is -3.11. The lowest BCUT2D eigenvalue weighted by Gasteiger charge is -2.21. The van der Waals surface area contributed by atoms with Crippen LogP contribution in [-0.4, -0.2) is 26.2 Å². The molecule has 0 aromatic heterocycles. The van der Waals surface area contributed by atoms with E-state index in [2.05, 4.69) is 44.2 Å². The molecule has 0 saturated heterocycles. The summed E-state index contributed by atoms with van der Waals surface area (Å²) in [7, 11) is 0. The van der Waals surface area contributed by atoms with E-state index in [0.717, 1.165) is 25.0 Å². The van der Waals surface area contributed by atoms with Gasteiger partial charge in [0.2, 0.25) is 0 Å². The van der Waals surface area contributed by atoms with Gasteiger partial charge in [-0.05, 0) is 56.9 Å². The van der Waals surface area contributed by atoms with Crippen LogP contribution >= 0.6 is 0 Å². The van der Waals surface area contributed by atoms with Crippen LogP contribution in [0.2, 0.25) is 0 Å². The van der Waals surface area contributed by atoms with Crippen molar-refractivity contribution in [3.8, 4) is 0 Å². The van der Waals surface area contributed by atoms with Crippen LogP contribution < -0.4 is 17.3 Å². The maximum atomic E-state index is 6.36. The Bertz CT molecular complexity index is 510. The molecule has 2 aliphatic carbocycles. The van der Waals surface area contributed by atoms with E-state index >= 15 is 0 Å². The summed E-state index contributed by atoms with van der Waals surface area (Å²) in [6.45, 7) is 8.81. The van der Waals surface area contributed by atoms with Crippen molar-refractivity contribution in [2.45, 2.75) is 39.5 Å². The summed E-state index contributed by atoms with van der Waals surface area (Å²) in [6.07, 6.45) is 5.48. The molecule has 23 heavy (non-hydrogen) atoms. The third-order valence-corrected chi connectivity index (χ3v) is 5.57. The number of hydrogen-bond acceptors (Lipinski definition) is 1. The van der Waals surface area contributed by atoms with E-state index in [-0.39, 0.29) is 12.4 Å². The molecule has 0 spiro atoms. The zero-order valence-corrected chi connectivity index (χ0v) is 15.2. The van der Waals surface area contributed by atoms with Gasteiger partial charge in [0, 0.05) is 5.56 Å². The molecule has 2 nitrogen and oxygen atoms in total. The van der Waals surface area contributed by atoms with Crippen LogP contribution in [-0.2, 0) is 4.74 Å². The first-order valence-electron chi connectivity index (χ1n) is 9.06. The fraction of sp³-hybridized carbons (Fsp3) is 0.600. The second-order valence-corrected chi connectivity index (χ2v) is 6.86. The second kappa shape index (κ2) is 8.75. The number of allylic oxidation sites excluding steroid dienone is 1. The summed E-state index contributed by atoms with van der Waals surface area (Å²) in [5, 5.41) is 0. The van der Waals surface area contributed by atoms with Crippen molar-refractivity contribution < 1.29 is 22.0 Å². The quantitative estimate of drug-likeness (QED) is 0.701. The van der Waals surface area contributed by atoms with Crippen molar-refractivity contribution in [2.75, 3.05) is 26.2 Å². The average Bonchev–Trinajstić information content (AvgIpc) is 3.19. The number of fused-ring (bicyclic) bond motifs is 2. The van der Waals surface area contributed by atoms with E-state index in [1.54, 1.807) is 10.5 Å². The Kier molecular flexibility index (Phi) is 6.98. The number of likely N-dealkylation sites (N-methyl/N-ethyl adjacent to an activating group) is 1. The summed E-state index contributed by atoms with van der Waals surface area (Å²) in [6, 6.07) is 10.8. The van der Waals surface area contributed by atoms with Crippen molar-refractivity contribution in [3.63, 3.8) is 0 Å². The zero-order valence-electron chi connectivity index (χ0n) is 14.5. The number of halogens is 1. The number of quaternary nitrogens is 1. The van der Waals surface area contributed by atoms with Crippen LogP contribution in [0.15, 0.2) is 35.9 Å². The predicted octanol–water partition coefficient (Wildman–Crippen LogP) is 0.163. The van der Waals surface area contributed by atoms with Gasteiger partial charge in [0.15, 0.2) is 0 Å². The van der Waals surface area contributed by atoms with Crippen molar-refractivity contribution in [2.24, 2.45) is 11.8 Å². The molecule has 1 aromatic rings. The molecule has 3 heteroatoms. The number of nitrogens with one attached hydrogen (secondary N) is 1. The van der Waals surface area contributed by atoms with Gasteiger partial charge < -0.3 is 22.0 Å². The number of benzene rings is 1. The van der Waals surface area contributed by atoms with Gasteiger partial charge in [0.25, 0.3) is 0 Å². The van der Waals surface area contributed by atoms with Crippen LogP contribution in [0.1, 0.15) is 45.1 Å². The first-order chi connectivity index (χ1) is 10.8. The molecule has 0 radical (unpaired) electrons. The highest BCUT2D eigenvalue weighted by Gasteiger charge is 2.37. The molecular formula is C20H30ClNO. The van der Waals surface area contributed by atoms with Crippen LogP contribution in [0, 0.1) is 11.8 Å². The molecule has 2 saturated carbocycles. The highest BCUT2D eigenvalue weighted by molar-refractivity contribution is 5.64. The van der Waals surface area contributed by atoms with E-state index in [1.807, 2.05) is 0 Å². The molecule has 0 amide bonds. The largest absolute Gasteiger partial charge is 1.00 e. The Morgan fingerprint density at radius 1 is 1.13 bits per heavy atom. The monoisotopic (exact) mass is 335 g/mol. The van der Waals surface area contributed by atoms with Crippen molar-refractivity contribution in [1.82, 2.24) is 0 Å². The van der Waals surface area contributed by atoms with Gasteiger partial charge in [0.05, 0.1) is 13.1 Å². The molecule has 3 rings (SSSR count). The third-order valence-electron chi connectivity index (χ3n) is 5.57. The summed E-state index contributed by atoms with van der Waals surface area (Å²) in [5.41, 5.74) is 2.89. The van der Waals surface area contributed by atoms with Gasteiger partial charge in [-0.2, -0.15) is 0 Å². The van der Waals surface area contributed by atoms with Gasteiger partial charge in [-0.15, -0.1) is 0 Å². The van der Waals surface area contributed by atoms with Gasteiger partial charge in [0.1, 0.15) is 18.9 Å². The molecule has 2 fully saturated rings. The standard InChI is InChI=1S/C20H29NO.ClH/c1-3-21(4-2)12-13-22-20(17-8-6-5-7-9-17)19-15-16-10-11-18(19)14-16;/h5-9,16,18H,3-4,10-15H2,1-2H3;1H/b20-19-;. The summed E-state index contributed by atoms with van der Waals surface area (Å²) in [5.74, 6) is 2.93. The van der Waals surface area contributed by atoms with Gasteiger partial charge in [-0.3, -0.25) is 0 Å². The lowest BCUT2D eigenvalue weighted by atomic mass is 9.92. The van der Waals surface area contributed by atoms with E-state index in [0.29, 0.717) is 0 Å². The summed E-state index contributed by atoms with van der Waals surface area (Å²) in [4.78, 5) is 1.62. The normalized spacial score (nSPS) is 24.7. The fourth-order valence-electron chi connectivity index (χ4n) is 4.18. The fourth-order valence-corrected chi connectivity index (χ4v) is 4.18. The minimum atomic E-state index is 0. The van der Waals surface area contributed by atoms with Crippen LogP contribution in [0.4, 0.5) is 0 Å². The third kappa shape index (κ3) is 4.30. The van der Waals surface area contributed by atoms with Gasteiger partial charge in [-0.1, -0.05) is 30.3 Å². The van der Waals surface area contributed by atoms with E-state index in [4.69, 9.17) is 4.74 Å². The molecule has 1 N–H and O–H groups in total. The average molecular weight is 336 g/mol. The van der Waals surface area contributed by atoms with Crippen molar-refractivity contribution in [3.05, 3.63) is 41.5 Å². The molecule has 0 aliphatic heterocycles. The Labute approximate surface area is 147 Å². The molecule has 0 heterocycles. The molecule has 1 aromatic carbocycles. The molecule has 2 aliphatic rings. The first-order valence-corrected chi connectivity index (χ1v) is 9.06. The Balaban J connectivity index is 0.00000192. The highest BCUT2D eigenvalue weighted by atomic mass is 35.5. The minimum Gasteiger partial charge on any atom is -1.00 e. The topological polar surface area (TPSA) is 13.7 Å². The highest BCUT2D eigenvalue weighted by Crippen LogP contribution is 2.50. The molecule has 2 atom stereocenters. The SMILES string of the molecule is CC[NH+](CC)CCO/C(=C1/CC2CCC1C2)c1ccccc1.[Cl-]. The van der Waals surface area contributed by atoms with Gasteiger partial charge in [-0.25, -0.2) is 0 Å². The summed E-state index contributed by atoms with van der Waals surface area (Å²) >= 11 is 0. The lowest BCUT2D eigenvalue weighted by molar-refractivity contribution is -0.896. The molecule has 128 valence electrons. The van der Waals surface area contributed by atoms with Gasteiger partial charge >= 0.3 is 0 Å². The van der Waals surface area contributed by atoms with Crippen LogP contribution in [0.25, 0.3) is 5.76 Å². The van der Waals surface area contributed by atoms with E-state index in [9.17, 15) is 0 Å². The smallest absolute Gasteiger partial charge is 0.137 e. The Morgan fingerprint density at radius 2 is 1.87 bits per heavy atom. The molecule has 2 bridgehead atoms. The number of ether oxygens (including phenoxy) is 1.